The first-order valence-corrected chi connectivity index (χ1v) is 6.96. The number of hydrogen-bond donors (Lipinski definition) is 1. The van der Waals surface area contributed by atoms with Crippen molar-refractivity contribution in [3.05, 3.63) is 23.3 Å². The van der Waals surface area contributed by atoms with Crippen LogP contribution in [0.5, 0.6) is 5.75 Å². The number of nitrogens with zero attached hydrogens (tertiary/aromatic N) is 2. The highest BCUT2D eigenvalue weighted by Gasteiger charge is 2.13. The number of aryl methyl sites for hydroxylation is 2. The van der Waals surface area contributed by atoms with Crippen LogP contribution in [0, 0.1) is 13.8 Å². The second kappa shape index (κ2) is 6.26. The second-order valence-electron chi connectivity index (χ2n) is 5.49. The van der Waals surface area contributed by atoms with Crippen molar-refractivity contribution in [1.82, 2.24) is 9.80 Å². The summed E-state index contributed by atoms with van der Waals surface area (Å²) in [7, 11) is 2.17. The van der Waals surface area contributed by atoms with Crippen molar-refractivity contribution >= 4 is 5.69 Å². The minimum Gasteiger partial charge on any atom is -0.490 e. The van der Waals surface area contributed by atoms with Gasteiger partial charge in [0, 0.05) is 32.7 Å². The van der Waals surface area contributed by atoms with Crippen molar-refractivity contribution in [3.63, 3.8) is 0 Å². The molecule has 1 aliphatic heterocycles. The normalized spacial score (nSPS) is 17.6. The minimum atomic E-state index is 0.706. The van der Waals surface area contributed by atoms with Crippen LogP contribution >= 0.6 is 0 Å². The van der Waals surface area contributed by atoms with Crippen LogP contribution in [0.4, 0.5) is 5.69 Å². The molecule has 1 aromatic carbocycles. The van der Waals surface area contributed by atoms with Crippen LogP contribution in [0.25, 0.3) is 0 Å². The zero-order chi connectivity index (χ0) is 13.8. The van der Waals surface area contributed by atoms with E-state index in [9.17, 15) is 0 Å². The largest absolute Gasteiger partial charge is 0.490 e. The molecule has 1 fully saturated rings. The molecule has 0 aliphatic carbocycles. The highest BCUT2D eigenvalue weighted by Crippen LogP contribution is 2.27. The van der Waals surface area contributed by atoms with E-state index in [1.54, 1.807) is 0 Å². The molecule has 2 rings (SSSR count). The molecule has 0 unspecified atom stereocenters. The zero-order valence-corrected chi connectivity index (χ0v) is 12.3. The van der Waals surface area contributed by atoms with Crippen molar-refractivity contribution in [3.8, 4) is 5.75 Å². The molecule has 106 valence electrons. The molecule has 0 amide bonds. The van der Waals surface area contributed by atoms with Crippen LogP contribution in [-0.4, -0.2) is 56.2 Å². The highest BCUT2D eigenvalue weighted by molar-refractivity contribution is 5.58. The van der Waals surface area contributed by atoms with Gasteiger partial charge in [0.1, 0.15) is 12.4 Å². The predicted octanol–water partition coefficient (Wildman–Crippen LogP) is 1.51. The number of piperazine rings is 1. The summed E-state index contributed by atoms with van der Waals surface area (Å²) >= 11 is 0. The van der Waals surface area contributed by atoms with Crippen LogP contribution in [0.2, 0.25) is 0 Å². The SMILES string of the molecule is Cc1cc(C)c(OCCN2CCN(C)CC2)c(N)c1. The monoisotopic (exact) mass is 263 g/mol. The number of benzene rings is 1. The lowest BCUT2D eigenvalue weighted by atomic mass is 10.1. The predicted molar refractivity (Wildman–Crippen MR) is 79.8 cm³/mol. The van der Waals surface area contributed by atoms with Gasteiger partial charge in [0.15, 0.2) is 0 Å². The molecule has 4 nitrogen and oxygen atoms in total. The molecule has 0 saturated carbocycles. The molecule has 1 saturated heterocycles. The zero-order valence-electron chi connectivity index (χ0n) is 12.3. The van der Waals surface area contributed by atoms with Crippen LogP contribution < -0.4 is 10.5 Å². The lowest BCUT2D eigenvalue weighted by Gasteiger charge is -2.32. The minimum absolute atomic E-state index is 0.706. The Morgan fingerprint density at radius 1 is 1.16 bits per heavy atom. The van der Waals surface area contributed by atoms with E-state index in [2.05, 4.69) is 36.8 Å². The van der Waals surface area contributed by atoms with Gasteiger partial charge in [0.05, 0.1) is 5.69 Å². The van der Waals surface area contributed by atoms with Gasteiger partial charge in [0.2, 0.25) is 0 Å². The van der Waals surface area contributed by atoms with Crippen LogP contribution in [0.3, 0.4) is 0 Å². The summed E-state index contributed by atoms with van der Waals surface area (Å²) in [5.74, 6) is 0.847. The molecule has 0 radical (unpaired) electrons. The van der Waals surface area contributed by atoms with E-state index in [1.807, 2.05) is 6.07 Å². The maximum absolute atomic E-state index is 6.01. The van der Waals surface area contributed by atoms with E-state index < -0.39 is 0 Å². The van der Waals surface area contributed by atoms with Crippen molar-refractivity contribution < 1.29 is 4.74 Å². The molecule has 1 aliphatic rings. The Morgan fingerprint density at radius 2 is 1.84 bits per heavy atom. The third-order valence-electron chi connectivity index (χ3n) is 3.70. The molecule has 1 heterocycles. The summed E-state index contributed by atoms with van der Waals surface area (Å²) in [6, 6.07) is 4.08. The third kappa shape index (κ3) is 3.85. The summed E-state index contributed by atoms with van der Waals surface area (Å²) in [5, 5.41) is 0. The van der Waals surface area contributed by atoms with Gasteiger partial charge in [-0.1, -0.05) is 6.07 Å². The van der Waals surface area contributed by atoms with Gasteiger partial charge in [-0.05, 0) is 38.1 Å². The quantitative estimate of drug-likeness (QED) is 0.836. The van der Waals surface area contributed by atoms with Crippen LogP contribution in [0.1, 0.15) is 11.1 Å². The average molecular weight is 263 g/mol. The summed E-state index contributed by atoms with van der Waals surface area (Å²) < 4.78 is 5.87. The Labute approximate surface area is 116 Å². The lowest BCUT2D eigenvalue weighted by molar-refractivity contribution is 0.134. The van der Waals surface area contributed by atoms with Crippen LogP contribution in [0.15, 0.2) is 12.1 Å². The molecular formula is C15H25N3O. The Balaban J connectivity index is 1.83. The fourth-order valence-corrected chi connectivity index (χ4v) is 2.53. The molecule has 0 bridgehead atoms. The van der Waals surface area contributed by atoms with E-state index in [4.69, 9.17) is 10.5 Å². The number of likely N-dealkylation sites (N-methyl/N-ethyl adjacent to an activating group) is 1. The molecule has 2 N–H and O–H groups in total. The number of nitrogens with two attached hydrogens (primary N) is 1. The van der Waals surface area contributed by atoms with E-state index >= 15 is 0 Å². The van der Waals surface area contributed by atoms with E-state index in [0.717, 1.165) is 49.7 Å². The van der Waals surface area contributed by atoms with Gasteiger partial charge in [-0.15, -0.1) is 0 Å². The highest BCUT2D eigenvalue weighted by atomic mass is 16.5. The summed E-state index contributed by atoms with van der Waals surface area (Å²) in [6.07, 6.45) is 0. The number of ether oxygens (including phenoxy) is 1. The molecular weight excluding hydrogens is 238 g/mol. The first-order chi connectivity index (χ1) is 9.06. The standard InChI is InChI=1S/C15H25N3O/c1-12-10-13(2)15(14(16)11-12)19-9-8-18-6-4-17(3)5-7-18/h10-11H,4-9,16H2,1-3H3. The number of rotatable bonds is 4. The first kappa shape index (κ1) is 14.2. The summed E-state index contributed by atoms with van der Waals surface area (Å²) in [4.78, 5) is 4.80. The van der Waals surface area contributed by atoms with Gasteiger partial charge in [-0.3, -0.25) is 4.90 Å². The molecule has 19 heavy (non-hydrogen) atoms. The Kier molecular flexibility index (Phi) is 4.66. The van der Waals surface area contributed by atoms with Gasteiger partial charge in [-0.2, -0.15) is 0 Å². The molecule has 0 aromatic heterocycles. The second-order valence-corrected chi connectivity index (χ2v) is 5.49. The fraction of sp³-hybridized carbons (Fsp3) is 0.600. The summed E-state index contributed by atoms with van der Waals surface area (Å²) in [5.41, 5.74) is 9.06. The van der Waals surface area contributed by atoms with Gasteiger partial charge < -0.3 is 15.4 Å². The van der Waals surface area contributed by atoms with Crippen molar-refractivity contribution in [2.24, 2.45) is 0 Å². The van der Waals surface area contributed by atoms with Gasteiger partial charge in [0.25, 0.3) is 0 Å². The number of anilines is 1. The third-order valence-corrected chi connectivity index (χ3v) is 3.70. The van der Waals surface area contributed by atoms with Crippen molar-refractivity contribution in [2.45, 2.75) is 13.8 Å². The van der Waals surface area contributed by atoms with Crippen LogP contribution in [-0.2, 0) is 0 Å². The average Bonchev–Trinajstić information content (AvgIpc) is 2.34. The molecule has 4 heteroatoms. The lowest BCUT2D eigenvalue weighted by Crippen LogP contribution is -2.45. The first-order valence-electron chi connectivity index (χ1n) is 6.96. The molecule has 1 aromatic rings. The topological polar surface area (TPSA) is 41.7 Å². The maximum Gasteiger partial charge on any atom is 0.145 e. The Bertz CT molecular complexity index is 402. The van der Waals surface area contributed by atoms with Crippen molar-refractivity contribution in [1.29, 1.82) is 0 Å². The maximum atomic E-state index is 6.01. The Hall–Kier alpha value is -1.26. The smallest absolute Gasteiger partial charge is 0.145 e. The fourth-order valence-electron chi connectivity index (χ4n) is 2.53. The Morgan fingerprint density at radius 3 is 2.47 bits per heavy atom. The van der Waals surface area contributed by atoms with E-state index in [1.165, 1.54) is 5.56 Å². The molecule has 0 spiro atoms. The molecule has 0 atom stereocenters. The number of hydrogen-bond acceptors (Lipinski definition) is 4. The van der Waals surface area contributed by atoms with E-state index in [-0.39, 0.29) is 0 Å². The number of nitrogen functional groups attached to an aromatic ring is 1. The van der Waals surface area contributed by atoms with E-state index in [0.29, 0.717) is 6.61 Å². The van der Waals surface area contributed by atoms with Gasteiger partial charge in [-0.25, -0.2) is 0 Å². The van der Waals surface area contributed by atoms with Gasteiger partial charge >= 0.3 is 0 Å². The van der Waals surface area contributed by atoms with Crippen molar-refractivity contribution in [2.75, 3.05) is 52.1 Å². The summed E-state index contributed by atoms with van der Waals surface area (Å²) in [6.45, 7) is 10.3.